The number of carbonyl (C=O) groups is 5. The van der Waals surface area contributed by atoms with Crippen LogP contribution >= 0.6 is 0 Å². The van der Waals surface area contributed by atoms with E-state index < -0.39 is 29.7 Å². The van der Waals surface area contributed by atoms with Gasteiger partial charge >= 0.3 is 36.0 Å². The number of aromatic nitrogens is 6. The van der Waals surface area contributed by atoms with E-state index in [0.29, 0.717) is 68.0 Å². The van der Waals surface area contributed by atoms with E-state index in [0.717, 1.165) is 141 Å². The van der Waals surface area contributed by atoms with Gasteiger partial charge in [0.15, 0.2) is 0 Å². The predicted molar refractivity (Wildman–Crippen MR) is 376 cm³/mol. The number of nitrogens with zero attached hydrogens (tertiary/aromatic N) is 6. The van der Waals surface area contributed by atoms with E-state index in [-0.39, 0.29) is 42.8 Å². The van der Waals surface area contributed by atoms with Crippen molar-refractivity contribution in [1.82, 2.24) is 28.7 Å². The Kier molecular flexibility index (Phi) is 21.5. The summed E-state index contributed by atoms with van der Waals surface area (Å²) in [6, 6.07) is 24.1. The number of esters is 3. The van der Waals surface area contributed by atoms with E-state index in [1.54, 1.807) is 39.6 Å². The van der Waals surface area contributed by atoms with Crippen LogP contribution in [0.5, 0.6) is 11.5 Å². The van der Waals surface area contributed by atoms with Crippen LogP contribution in [0, 0.1) is 0 Å². The molecule has 4 aromatic heterocycles. The lowest BCUT2D eigenvalue weighted by molar-refractivity contribution is -0.192. The monoisotopic (exact) mass is 1390 g/mol. The molecule has 0 amide bonds. The number of hydrogen-bond acceptors (Lipinski definition) is 14. The molecule has 6 aliphatic rings. The number of rotatable bonds is 14. The average molecular weight is 1390 g/mol. The first-order valence-corrected chi connectivity index (χ1v) is 35.1. The van der Waals surface area contributed by atoms with Gasteiger partial charge in [0.2, 0.25) is 0 Å². The number of carbonyl (C=O) groups excluding carboxylic acids is 3. The van der Waals surface area contributed by atoms with Gasteiger partial charge in [-0.3, -0.25) is 9.36 Å². The number of carboxylic acids is 2. The van der Waals surface area contributed by atoms with Crippen molar-refractivity contribution >= 4 is 75.0 Å². The van der Waals surface area contributed by atoms with Crippen LogP contribution in [0.15, 0.2) is 85.2 Å². The second-order valence-corrected chi connectivity index (χ2v) is 27.5. The molecule has 8 aromatic rings. The number of carboxylic acid groups (broad SMARTS) is 2. The number of ether oxygens (including phenoxy) is 7. The zero-order chi connectivity index (χ0) is 71.4. The lowest BCUT2D eigenvalue weighted by Gasteiger charge is -2.25. The highest BCUT2D eigenvalue weighted by Crippen LogP contribution is 2.51. The summed E-state index contributed by atoms with van der Waals surface area (Å²) in [4.78, 5) is 61.5. The summed E-state index contributed by atoms with van der Waals surface area (Å²) in [7, 11) is 3.35. The van der Waals surface area contributed by atoms with Crippen LogP contribution in [0.25, 0.3) is 67.6 Å². The van der Waals surface area contributed by atoms with Gasteiger partial charge < -0.3 is 52.5 Å². The Morgan fingerprint density at radius 2 is 0.941 bits per heavy atom. The van der Waals surface area contributed by atoms with Crippen LogP contribution in [0.3, 0.4) is 0 Å². The highest BCUT2D eigenvalue weighted by Gasteiger charge is 2.39. The molecule has 101 heavy (non-hydrogen) atoms. The smallest absolute Gasteiger partial charge is 0.490 e. The van der Waals surface area contributed by atoms with Gasteiger partial charge in [0, 0.05) is 59.4 Å². The molecule has 0 radical (unpaired) electrons. The molecule has 20 nitrogen and oxygen atoms in total. The Hall–Kier alpha value is -9.48. The van der Waals surface area contributed by atoms with Crippen molar-refractivity contribution in [2.75, 3.05) is 53.9 Å². The molecule has 4 fully saturated rings. The summed E-state index contributed by atoms with van der Waals surface area (Å²) in [5.41, 5.74) is 15.3. The summed E-state index contributed by atoms with van der Waals surface area (Å²) in [6.45, 7) is 13.3. The molecule has 2 saturated carbocycles. The van der Waals surface area contributed by atoms with Crippen LogP contribution in [0.4, 0.5) is 13.2 Å². The fourth-order valence-corrected chi connectivity index (χ4v) is 15.5. The zero-order valence-electron chi connectivity index (χ0n) is 58.2. The molecule has 4 aromatic carbocycles. The van der Waals surface area contributed by atoms with Gasteiger partial charge in [-0.2, -0.15) is 23.4 Å². The molecule has 0 spiro atoms. The number of aliphatic carboxylic acids is 1. The van der Waals surface area contributed by atoms with Gasteiger partial charge in [0.05, 0.1) is 98.9 Å². The van der Waals surface area contributed by atoms with Gasteiger partial charge in [-0.15, -0.1) is 0 Å². The lowest BCUT2D eigenvalue weighted by Crippen LogP contribution is -2.24. The van der Waals surface area contributed by atoms with E-state index in [1.807, 2.05) is 73.5 Å². The van der Waals surface area contributed by atoms with Crippen molar-refractivity contribution < 1.29 is 80.5 Å². The second kappa shape index (κ2) is 30.4. The Labute approximate surface area is 583 Å². The van der Waals surface area contributed by atoms with Crippen molar-refractivity contribution in [2.24, 2.45) is 0 Å². The normalized spacial score (nSPS) is 16.9. The molecule has 2 saturated heterocycles. The third-order valence-corrected chi connectivity index (χ3v) is 20.0. The molecular weight excluding hydrogens is 1300 g/mol. The highest BCUT2D eigenvalue weighted by molar-refractivity contribution is 6.05. The largest absolute Gasteiger partial charge is 0.497 e. The molecule has 2 N–H and O–H groups in total. The summed E-state index contributed by atoms with van der Waals surface area (Å²) in [5.74, 6) is -2.60. The summed E-state index contributed by atoms with van der Waals surface area (Å²) in [6.07, 6.45) is 17.4. The minimum Gasteiger partial charge on any atom is -0.497 e. The van der Waals surface area contributed by atoms with Crippen LogP contribution in [0.1, 0.15) is 224 Å². The van der Waals surface area contributed by atoms with Crippen LogP contribution in [-0.4, -0.2) is 134 Å². The fourth-order valence-electron chi connectivity index (χ4n) is 15.5. The molecule has 14 rings (SSSR count). The number of methoxy groups -OCH3 is 2. The predicted octanol–water partition coefficient (Wildman–Crippen LogP) is 16.6. The van der Waals surface area contributed by atoms with Crippen molar-refractivity contribution in [2.45, 2.75) is 173 Å². The lowest BCUT2D eigenvalue weighted by atomic mass is 9.81. The van der Waals surface area contributed by atoms with E-state index >= 15 is 0 Å². The number of alkyl halides is 3. The fraction of sp³-hybridized carbons (Fsp3) is 0.449. The summed E-state index contributed by atoms with van der Waals surface area (Å²) < 4.78 is 80.1. The van der Waals surface area contributed by atoms with Gasteiger partial charge in [0.25, 0.3) is 0 Å². The number of halogens is 3. The third-order valence-electron chi connectivity index (χ3n) is 20.0. The topological polar surface area (TPSA) is 236 Å². The zero-order valence-corrected chi connectivity index (χ0v) is 58.2. The molecule has 4 aliphatic heterocycles. The van der Waals surface area contributed by atoms with Gasteiger partial charge in [-0.25, -0.2) is 24.0 Å². The van der Waals surface area contributed by atoms with E-state index in [9.17, 15) is 37.5 Å². The summed E-state index contributed by atoms with van der Waals surface area (Å²) in [5, 5.41) is 29.0. The molecule has 0 atom stereocenters. The quantitative estimate of drug-likeness (QED) is 0.0760. The average Bonchev–Trinajstić information content (AvgIpc) is 1.58. The molecule has 2 aliphatic carbocycles. The minimum atomic E-state index is -5.08. The number of benzene rings is 4. The number of aromatic carboxylic acids is 1. The molecule has 534 valence electrons. The third kappa shape index (κ3) is 15.0. The summed E-state index contributed by atoms with van der Waals surface area (Å²) >= 11 is 0. The Bertz CT molecular complexity index is 4500. The van der Waals surface area contributed by atoms with Gasteiger partial charge in [-0.1, -0.05) is 50.7 Å². The Morgan fingerprint density at radius 3 is 1.32 bits per heavy atom. The van der Waals surface area contributed by atoms with Crippen LogP contribution in [-0.2, 0) is 41.6 Å². The molecule has 0 unspecified atom stereocenters. The van der Waals surface area contributed by atoms with E-state index in [4.69, 9.17) is 53.3 Å². The molecule has 8 heterocycles. The SMILES string of the molecule is CCOC(=O)c1cnn(C2CCOCC2)c1C1=Cc2cc(OC)ccc2-c2c(C3CCCCC3)c3ccc(C(=O)O)cc3n2C1.CCOC(=O)c1cnn(C2CCOCC2)c1C1=Cc2cc(OC)ccc2-c2c(C3CCCCC3)c3ccc(C(=O)OC(C)(C)C)cc3n2C1.O=C(O)C(F)(F)F. The van der Waals surface area contributed by atoms with Crippen molar-refractivity contribution in [3.05, 3.63) is 141 Å². The van der Waals surface area contributed by atoms with Crippen molar-refractivity contribution in [3.63, 3.8) is 0 Å². The second-order valence-electron chi connectivity index (χ2n) is 27.5. The van der Waals surface area contributed by atoms with Crippen LogP contribution in [0.2, 0.25) is 0 Å². The first-order chi connectivity index (χ1) is 48.6. The van der Waals surface area contributed by atoms with Crippen molar-refractivity contribution in [3.8, 4) is 34.0 Å². The minimum absolute atomic E-state index is 0.0724. The maximum Gasteiger partial charge on any atom is 0.490 e. The Balaban J connectivity index is 0.000000175. The van der Waals surface area contributed by atoms with Crippen LogP contribution < -0.4 is 9.47 Å². The molecule has 23 heteroatoms. The van der Waals surface area contributed by atoms with E-state index in [2.05, 4.69) is 51.6 Å². The van der Waals surface area contributed by atoms with Gasteiger partial charge in [0.1, 0.15) is 28.2 Å². The first kappa shape index (κ1) is 71.3. The molecular formula is C78H87F3N6O14. The number of fused-ring (bicyclic) bond motifs is 10. The number of allylic oxidation sites excluding steroid dienone is 2. The highest BCUT2D eigenvalue weighted by atomic mass is 19.4. The Morgan fingerprint density at radius 1 is 0.535 bits per heavy atom. The standard InChI is InChI=1S/C40H47N3O6.C36H39N3O6.C2HF3O2/c1-6-48-39(45)33-23-41-43(29-16-18-47-19-17-29)36(33)28-20-27-21-30(46-5)13-15-31(27)37-35(25-10-8-7-9-11-25)32-14-12-26(22-34(32)42(37)24-28)38(44)49-40(2,3)4;1-3-45-36(42)30-20-37-39(26-13-15-44-16-14-26)33(30)25-17-24-18-27(43-2)10-12-28(24)34-32(22-7-5-4-6-8-22)29-11-9-23(35(40)41)19-31(29)38(34)21-25;3-2(4,5)1(6)7/h12-15,20-23,25,29H,6-11,16-19,24H2,1-5H3;9-12,17-20,22,26H,3-8,13-16,21H2,1-2H3,(H,40,41);(H,6,7). The maximum absolute atomic E-state index is 13.5. The first-order valence-electron chi connectivity index (χ1n) is 35.1. The van der Waals surface area contributed by atoms with E-state index in [1.165, 1.54) is 49.7 Å². The maximum atomic E-state index is 13.5. The number of hydrogen-bond donors (Lipinski definition) is 2. The molecule has 0 bridgehead atoms. The van der Waals surface area contributed by atoms with Gasteiger partial charge in [-0.05, 0) is 204 Å². The van der Waals surface area contributed by atoms with Crippen molar-refractivity contribution in [1.29, 1.82) is 0 Å².